The van der Waals surface area contributed by atoms with E-state index in [0.717, 1.165) is 60.2 Å². The fraction of sp³-hybridized carbons (Fsp3) is 0.400. The van der Waals surface area contributed by atoms with Gasteiger partial charge in [-0.1, -0.05) is 25.5 Å². The first-order chi connectivity index (χ1) is 15.7. The molecule has 1 amide bonds. The maximum absolute atomic E-state index is 12.6. The van der Waals surface area contributed by atoms with Crippen LogP contribution in [0.3, 0.4) is 0 Å². The lowest BCUT2D eigenvalue weighted by Gasteiger charge is -2.27. The number of unbranched alkanes of at least 4 members (excludes halogenated alkanes) is 1. The van der Waals surface area contributed by atoms with Crippen molar-refractivity contribution >= 4 is 23.1 Å². The predicted molar refractivity (Wildman–Crippen MR) is 129 cm³/mol. The highest BCUT2D eigenvalue weighted by atomic mass is 32.1. The summed E-state index contributed by atoms with van der Waals surface area (Å²) in [6.45, 7) is 5.43. The number of carbonyl (C=O) groups is 1. The number of anilines is 1. The van der Waals surface area contributed by atoms with Gasteiger partial charge in [0.2, 0.25) is 0 Å². The number of hydrogen-bond acceptors (Lipinski definition) is 6. The molecule has 7 heteroatoms. The van der Waals surface area contributed by atoms with Crippen LogP contribution in [0, 0.1) is 0 Å². The van der Waals surface area contributed by atoms with E-state index >= 15 is 0 Å². The van der Waals surface area contributed by atoms with Crippen LogP contribution in [0.2, 0.25) is 0 Å². The second-order valence-corrected chi connectivity index (χ2v) is 8.88. The van der Waals surface area contributed by atoms with Gasteiger partial charge in [0, 0.05) is 36.8 Å². The summed E-state index contributed by atoms with van der Waals surface area (Å²) in [6, 6.07) is 11.9. The Morgan fingerprint density at radius 1 is 1.16 bits per heavy atom. The zero-order valence-electron chi connectivity index (χ0n) is 18.5. The minimum absolute atomic E-state index is 0.166. The lowest BCUT2D eigenvalue weighted by atomic mass is 10.1. The smallest absolute Gasteiger partial charge is 0.271 e. The zero-order valence-corrected chi connectivity index (χ0v) is 19.4. The van der Waals surface area contributed by atoms with Gasteiger partial charge in [-0.3, -0.25) is 4.79 Å². The Morgan fingerprint density at radius 3 is 2.75 bits per heavy atom. The van der Waals surface area contributed by atoms with Crippen molar-refractivity contribution in [3.63, 3.8) is 0 Å². The van der Waals surface area contributed by atoms with E-state index in [1.807, 2.05) is 41.9 Å². The molecule has 1 fully saturated rings. The van der Waals surface area contributed by atoms with Crippen LogP contribution in [0.25, 0.3) is 10.6 Å². The first-order valence-corrected chi connectivity index (χ1v) is 12.3. The molecule has 1 saturated heterocycles. The molecule has 1 N–H and O–H groups in total. The number of aromatic nitrogens is 2. The highest BCUT2D eigenvalue weighted by molar-refractivity contribution is 7.13. The molecule has 4 rings (SSSR count). The molecule has 168 valence electrons. The third kappa shape index (κ3) is 5.85. The fourth-order valence-corrected chi connectivity index (χ4v) is 4.47. The van der Waals surface area contributed by atoms with Crippen LogP contribution < -0.4 is 15.0 Å². The Bertz CT molecular complexity index is 1010. The Hall–Kier alpha value is -2.93. The molecule has 0 bridgehead atoms. The number of thiazole rings is 1. The monoisotopic (exact) mass is 450 g/mol. The van der Waals surface area contributed by atoms with E-state index in [1.54, 1.807) is 0 Å². The molecule has 32 heavy (non-hydrogen) atoms. The summed E-state index contributed by atoms with van der Waals surface area (Å²) >= 11 is 1.48. The number of hydrogen-bond donors (Lipinski definition) is 1. The first kappa shape index (κ1) is 22.3. The van der Waals surface area contributed by atoms with Gasteiger partial charge in [0.15, 0.2) is 0 Å². The van der Waals surface area contributed by atoms with Gasteiger partial charge >= 0.3 is 0 Å². The third-order valence-electron chi connectivity index (χ3n) is 5.55. The van der Waals surface area contributed by atoms with E-state index in [-0.39, 0.29) is 5.91 Å². The molecule has 3 aromatic rings. The van der Waals surface area contributed by atoms with Crippen LogP contribution >= 0.6 is 11.3 Å². The number of nitrogens with one attached hydrogen (secondary N) is 1. The minimum atomic E-state index is -0.166. The predicted octanol–water partition coefficient (Wildman–Crippen LogP) is 5.30. The summed E-state index contributed by atoms with van der Waals surface area (Å²) in [6.07, 6.45) is 7.70. The van der Waals surface area contributed by atoms with Gasteiger partial charge in [-0.05, 0) is 55.5 Å². The van der Waals surface area contributed by atoms with Gasteiger partial charge in [0.25, 0.3) is 5.91 Å². The van der Waals surface area contributed by atoms with Gasteiger partial charge in [-0.15, -0.1) is 11.3 Å². The van der Waals surface area contributed by atoms with Gasteiger partial charge in [-0.25, -0.2) is 9.97 Å². The van der Waals surface area contributed by atoms with E-state index in [1.165, 1.54) is 30.6 Å². The summed E-state index contributed by atoms with van der Waals surface area (Å²) < 4.78 is 5.68. The molecule has 0 saturated carbocycles. The summed E-state index contributed by atoms with van der Waals surface area (Å²) in [7, 11) is 0. The molecule has 1 aliphatic rings. The Labute approximate surface area is 193 Å². The molecule has 0 aliphatic carbocycles. The lowest BCUT2D eigenvalue weighted by molar-refractivity contribution is 0.0946. The number of nitrogens with zero attached hydrogens (tertiary/aromatic N) is 3. The fourth-order valence-electron chi connectivity index (χ4n) is 3.67. The number of rotatable bonds is 9. The van der Waals surface area contributed by atoms with Crippen LogP contribution in [0.1, 0.15) is 55.1 Å². The number of benzene rings is 1. The maximum atomic E-state index is 12.6. The highest BCUT2D eigenvalue weighted by Crippen LogP contribution is 2.27. The molecular formula is C25H30N4O2S. The van der Waals surface area contributed by atoms with Crippen LogP contribution in [0.15, 0.2) is 48.0 Å². The first-order valence-electron chi connectivity index (χ1n) is 11.4. The van der Waals surface area contributed by atoms with E-state index in [4.69, 9.17) is 4.74 Å². The molecule has 2 aromatic heterocycles. The zero-order chi connectivity index (χ0) is 22.2. The van der Waals surface area contributed by atoms with Crippen molar-refractivity contribution in [3.05, 3.63) is 59.2 Å². The van der Waals surface area contributed by atoms with Crippen molar-refractivity contribution in [2.24, 2.45) is 0 Å². The molecule has 0 unspecified atom stereocenters. The average molecular weight is 451 g/mol. The van der Waals surface area contributed by atoms with E-state index < -0.39 is 0 Å². The SMILES string of the molecule is CCCCOc1ccc(CNC(=O)c2csc(-c3ccnc(N4CCCCC4)c3)n2)cc1. The standard InChI is InChI=1S/C25H30N4O2S/c1-2-3-15-31-21-9-7-19(8-10-21)17-27-24(30)22-18-32-25(28-22)20-11-12-26-23(16-20)29-13-5-4-6-14-29/h7-12,16,18H,2-6,13-15,17H2,1H3,(H,27,30). The Morgan fingerprint density at radius 2 is 1.97 bits per heavy atom. The van der Waals surface area contributed by atoms with Crippen LogP contribution in [0.4, 0.5) is 5.82 Å². The molecule has 0 spiro atoms. The lowest BCUT2D eigenvalue weighted by Crippen LogP contribution is -2.30. The van der Waals surface area contributed by atoms with Gasteiger partial charge in [0.05, 0.1) is 6.61 Å². The summed E-state index contributed by atoms with van der Waals surface area (Å²) in [5.41, 5.74) is 2.47. The molecule has 6 nitrogen and oxygen atoms in total. The normalized spacial score (nSPS) is 13.7. The van der Waals surface area contributed by atoms with E-state index in [2.05, 4.69) is 33.2 Å². The van der Waals surface area contributed by atoms with Crippen molar-refractivity contribution in [1.82, 2.24) is 15.3 Å². The van der Waals surface area contributed by atoms with Crippen LogP contribution in [-0.4, -0.2) is 35.6 Å². The third-order valence-corrected chi connectivity index (χ3v) is 6.44. The summed E-state index contributed by atoms with van der Waals surface area (Å²) in [4.78, 5) is 24.0. The maximum Gasteiger partial charge on any atom is 0.271 e. The van der Waals surface area contributed by atoms with Gasteiger partial charge in [0.1, 0.15) is 22.3 Å². The Kier molecular flexibility index (Phi) is 7.72. The quantitative estimate of drug-likeness (QED) is 0.448. The van der Waals surface area contributed by atoms with Crippen molar-refractivity contribution in [1.29, 1.82) is 0 Å². The van der Waals surface area contributed by atoms with Crippen molar-refractivity contribution < 1.29 is 9.53 Å². The molecule has 0 atom stereocenters. The van der Waals surface area contributed by atoms with Crippen molar-refractivity contribution in [2.75, 3.05) is 24.6 Å². The van der Waals surface area contributed by atoms with Crippen molar-refractivity contribution in [3.8, 4) is 16.3 Å². The van der Waals surface area contributed by atoms with Gasteiger partial charge in [-0.2, -0.15) is 0 Å². The van der Waals surface area contributed by atoms with E-state index in [9.17, 15) is 4.79 Å². The minimum Gasteiger partial charge on any atom is -0.494 e. The number of amides is 1. The molecule has 1 aliphatic heterocycles. The topological polar surface area (TPSA) is 67.3 Å². The molecular weight excluding hydrogens is 420 g/mol. The van der Waals surface area contributed by atoms with Crippen LogP contribution in [-0.2, 0) is 6.54 Å². The second-order valence-electron chi connectivity index (χ2n) is 8.02. The highest BCUT2D eigenvalue weighted by Gasteiger charge is 2.15. The number of carbonyl (C=O) groups excluding carboxylic acids is 1. The van der Waals surface area contributed by atoms with Gasteiger partial charge < -0.3 is 15.0 Å². The second kappa shape index (κ2) is 11.1. The summed E-state index contributed by atoms with van der Waals surface area (Å²) in [5.74, 6) is 1.69. The molecule has 0 radical (unpaired) electrons. The largest absolute Gasteiger partial charge is 0.494 e. The van der Waals surface area contributed by atoms with E-state index in [0.29, 0.717) is 12.2 Å². The summed E-state index contributed by atoms with van der Waals surface area (Å²) in [5, 5.41) is 5.61. The molecule has 1 aromatic carbocycles. The Balaban J connectivity index is 1.34. The van der Waals surface area contributed by atoms with Crippen LogP contribution in [0.5, 0.6) is 5.75 Å². The molecule has 3 heterocycles. The van der Waals surface area contributed by atoms with Crippen molar-refractivity contribution in [2.45, 2.75) is 45.6 Å². The average Bonchev–Trinajstić information content (AvgIpc) is 3.35. The number of pyridine rings is 1. The number of ether oxygens (including phenoxy) is 1. The number of piperidine rings is 1.